The largest absolute Gasteiger partial charge is 0.289 e. The van der Waals surface area contributed by atoms with E-state index < -0.39 is 47.9 Å². The summed E-state index contributed by atoms with van der Waals surface area (Å²) < 4.78 is 47.6. The SMILES string of the molecule is Cc1cc([N+](=O)[O-])c(S(=O)(=O)NCCS(N)(=O)=O)cc1C. The minimum atomic E-state index is -4.21. The summed E-state index contributed by atoms with van der Waals surface area (Å²) in [5.41, 5.74) is 0.568. The molecule has 0 aliphatic heterocycles. The molecule has 1 aromatic carbocycles. The van der Waals surface area contributed by atoms with E-state index in [4.69, 9.17) is 5.14 Å². The third-order valence-electron chi connectivity index (χ3n) is 2.74. The molecule has 9 nitrogen and oxygen atoms in total. The normalized spacial score (nSPS) is 12.3. The molecule has 3 N–H and O–H groups in total. The van der Waals surface area contributed by atoms with Crippen molar-refractivity contribution in [3.8, 4) is 0 Å². The number of sulfonamides is 2. The van der Waals surface area contributed by atoms with Gasteiger partial charge in [-0.2, -0.15) is 0 Å². The summed E-state index contributed by atoms with van der Waals surface area (Å²) in [7, 11) is -8.04. The van der Waals surface area contributed by atoms with Gasteiger partial charge in [0.05, 0.1) is 10.7 Å². The molecule has 0 saturated carbocycles. The van der Waals surface area contributed by atoms with Crippen molar-refractivity contribution < 1.29 is 21.8 Å². The van der Waals surface area contributed by atoms with E-state index in [9.17, 15) is 26.9 Å². The number of aryl methyl sites for hydroxylation is 2. The lowest BCUT2D eigenvalue weighted by atomic mass is 10.1. The van der Waals surface area contributed by atoms with E-state index in [-0.39, 0.29) is 0 Å². The Morgan fingerprint density at radius 2 is 1.71 bits per heavy atom. The number of nitrogens with one attached hydrogen (secondary N) is 1. The number of benzene rings is 1. The van der Waals surface area contributed by atoms with Gasteiger partial charge < -0.3 is 0 Å². The van der Waals surface area contributed by atoms with E-state index in [2.05, 4.69) is 0 Å². The molecule has 0 unspecified atom stereocenters. The Hall–Kier alpha value is -1.56. The van der Waals surface area contributed by atoms with Crippen LogP contribution >= 0.6 is 0 Å². The van der Waals surface area contributed by atoms with Crippen molar-refractivity contribution in [1.29, 1.82) is 0 Å². The van der Waals surface area contributed by atoms with Gasteiger partial charge in [-0.25, -0.2) is 26.7 Å². The van der Waals surface area contributed by atoms with E-state index in [0.29, 0.717) is 11.1 Å². The van der Waals surface area contributed by atoms with Crippen LogP contribution in [-0.2, 0) is 20.0 Å². The van der Waals surface area contributed by atoms with Gasteiger partial charge >= 0.3 is 0 Å². The predicted octanol–water partition coefficient (Wildman–Crippen LogP) is -0.222. The van der Waals surface area contributed by atoms with Crippen LogP contribution in [0.2, 0.25) is 0 Å². The maximum Gasteiger partial charge on any atom is 0.289 e. The van der Waals surface area contributed by atoms with E-state index in [1.54, 1.807) is 13.8 Å². The van der Waals surface area contributed by atoms with E-state index in [0.717, 1.165) is 6.07 Å². The molecule has 0 heterocycles. The fraction of sp³-hybridized carbons (Fsp3) is 0.400. The number of rotatable bonds is 6. The molecule has 1 aromatic rings. The minimum absolute atomic E-state index is 0.467. The van der Waals surface area contributed by atoms with E-state index in [1.165, 1.54) is 6.07 Å². The number of primary sulfonamides is 1. The number of nitro benzene ring substituents is 1. The zero-order valence-corrected chi connectivity index (χ0v) is 13.0. The van der Waals surface area contributed by atoms with Gasteiger partial charge in [-0.15, -0.1) is 0 Å². The van der Waals surface area contributed by atoms with Crippen LogP contribution in [-0.4, -0.2) is 34.1 Å². The predicted molar refractivity (Wildman–Crippen MR) is 75.7 cm³/mol. The number of hydrogen-bond acceptors (Lipinski definition) is 6. The molecule has 0 atom stereocenters. The minimum Gasteiger partial charge on any atom is -0.258 e. The van der Waals surface area contributed by atoms with Crippen LogP contribution < -0.4 is 9.86 Å². The molecular formula is C10H15N3O6S2. The maximum absolute atomic E-state index is 12.1. The molecular weight excluding hydrogens is 322 g/mol. The number of hydrogen-bond donors (Lipinski definition) is 2. The molecule has 118 valence electrons. The molecule has 0 spiro atoms. The first-order chi connectivity index (χ1) is 9.44. The summed E-state index contributed by atoms with van der Waals surface area (Å²) in [6.07, 6.45) is 0. The van der Waals surface area contributed by atoms with Gasteiger partial charge in [0, 0.05) is 12.6 Å². The fourth-order valence-electron chi connectivity index (χ4n) is 1.53. The second-order valence-corrected chi connectivity index (χ2v) is 7.90. The molecule has 11 heteroatoms. The highest BCUT2D eigenvalue weighted by Crippen LogP contribution is 2.27. The number of nitro groups is 1. The lowest BCUT2D eigenvalue weighted by Crippen LogP contribution is -2.32. The smallest absolute Gasteiger partial charge is 0.258 e. The second kappa shape index (κ2) is 6.05. The fourth-order valence-corrected chi connectivity index (χ4v) is 3.31. The monoisotopic (exact) mass is 337 g/mol. The van der Waals surface area contributed by atoms with Crippen LogP contribution in [0.5, 0.6) is 0 Å². The highest BCUT2D eigenvalue weighted by molar-refractivity contribution is 7.90. The number of nitrogens with zero attached hydrogens (tertiary/aromatic N) is 1. The van der Waals surface area contributed by atoms with Gasteiger partial charge in [-0.05, 0) is 31.0 Å². The first-order valence-corrected chi connectivity index (χ1v) is 8.89. The third kappa shape index (κ3) is 4.74. The van der Waals surface area contributed by atoms with Crippen LogP contribution in [0.4, 0.5) is 5.69 Å². The maximum atomic E-state index is 12.1. The van der Waals surface area contributed by atoms with Crippen molar-refractivity contribution in [2.45, 2.75) is 18.7 Å². The van der Waals surface area contributed by atoms with Gasteiger partial charge in [0.1, 0.15) is 0 Å². The first-order valence-electron chi connectivity index (χ1n) is 5.70. The van der Waals surface area contributed by atoms with Crippen molar-refractivity contribution in [3.05, 3.63) is 33.4 Å². The molecule has 21 heavy (non-hydrogen) atoms. The van der Waals surface area contributed by atoms with Gasteiger partial charge in [0.2, 0.25) is 20.0 Å². The standard InChI is InChI=1S/C10H15N3O6S2/c1-7-5-9(13(14)15)10(6-8(7)2)21(18,19)12-3-4-20(11,16)17/h5-6,12H,3-4H2,1-2H3,(H2,11,16,17). The van der Waals surface area contributed by atoms with Gasteiger partial charge in [-0.3, -0.25) is 10.1 Å². The Kier molecular flexibility index (Phi) is 5.04. The highest BCUT2D eigenvalue weighted by atomic mass is 32.2. The van der Waals surface area contributed by atoms with Crippen molar-refractivity contribution in [1.82, 2.24) is 4.72 Å². The summed E-state index contributed by atoms with van der Waals surface area (Å²) in [5.74, 6) is -0.606. The summed E-state index contributed by atoms with van der Waals surface area (Å²) in [6.45, 7) is 2.76. The van der Waals surface area contributed by atoms with Crippen molar-refractivity contribution in [2.24, 2.45) is 5.14 Å². The molecule has 0 fully saturated rings. The zero-order chi connectivity index (χ0) is 16.4. The first kappa shape index (κ1) is 17.5. The summed E-state index contributed by atoms with van der Waals surface area (Å²) in [6, 6.07) is 2.33. The van der Waals surface area contributed by atoms with Crippen molar-refractivity contribution in [3.63, 3.8) is 0 Å². The van der Waals surface area contributed by atoms with Crippen LogP contribution in [0.15, 0.2) is 17.0 Å². The third-order valence-corrected chi connectivity index (χ3v) is 5.00. The summed E-state index contributed by atoms with van der Waals surface area (Å²) >= 11 is 0. The lowest BCUT2D eigenvalue weighted by molar-refractivity contribution is -0.387. The molecule has 0 aliphatic carbocycles. The molecule has 0 saturated heterocycles. The molecule has 0 bridgehead atoms. The molecule has 0 radical (unpaired) electrons. The summed E-state index contributed by atoms with van der Waals surface area (Å²) in [4.78, 5) is 9.65. The Bertz CT molecular complexity index is 770. The van der Waals surface area contributed by atoms with Crippen LogP contribution in [0, 0.1) is 24.0 Å². The molecule has 0 aliphatic rings. The van der Waals surface area contributed by atoms with E-state index >= 15 is 0 Å². The zero-order valence-electron chi connectivity index (χ0n) is 11.4. The Morgan fingerprint density at radius 3 is 2.19 bits per heavy atom. The van der Waals surface area contributed by atoms with Crippen LogP contribution in [0.3, 0.4) is 0 Å². The second-order valence-electron chi connectivity index (χ2n) is 4.43. The summed E-state index contributed by atoms with van der Waals surface area (Å²) in [5, 5.41) is 15.7. The van der Waals surface area contributed by atoms with Gasteiger partial charge in [-0.1, -0.05) is 0 Å². The quantitative estimate of drug-likeness (QED) is 0.541. The Labute approximate surface area is 122 Å². The van der Waals surface area contributed by atoms with Gasteiger partial charge in [0.15, 0.2) is 4.90 Å². The van der Waals surface area contributed by atoms with Crippen molar-refractivity contribution in [2.75, 3.05) is 12.3 Å². The van der Waals surface area contributed by atoms with Crippen molar-refractivity contribution >= 4 is 25.7 Å². The topological polar surface area (TPSA) is 149 Å². The van der Waals surface area contributed by atoms with E-state index in [1.807, 2.05) is 4.72 Å². The van der Waals surface area contributed by atoms with Crippen LogP contribution in [0.1, 0.15) is 11.1 Å². The lowest BCUT2D eigenvalue weighted by Gasteiger charge is -2.09. The Morgan fingerprint density at radius 1 is 1.19 bits per heavy atom. The molecule has 0 amide bonds. The Balaban J connectivity index is 3.19. The molecule has 0 aromatic heterocycles. The number of nitrogens with two attached hydrogens (primary N) is 1. The van der Waals surface area contributed by atoms with Crippen LogP contribution in [0.25, 0.3) is 0 Å². The van der Waals surface area contributed by atoms with Gasteiger partial charge in [0.25, 0.3) is 5.69 Å². The highest BCUT2D eigenvalue weighted by Gasteiger charge is 2.26. The average molecular weight is 337 g/mol. The average Bonchev–Trinajstić information content (AvgIpc) is 2.29. The molecule has 1 rings (SSSR count).